The molecule has 1 aromatic rings. The van der Waals surface area contributed by atoms with Gasteiger partial charge >= 0.3 is 0 Å². The van der Waals surface area contributed by atoms with Crippen LogP contribution >= 0.6 is 0 Å². The summed E-state index contributed by atoms with van der Waals surface area (Å²) in [6.45, 7) is 8.21. The lowest BCUT2D eigenvalue weighted by Gasteiger charge is -2.15. The van der Waals surface area contributed by atoms with E-state index in [-0.39, 0.29) is 11.7 Å². The first-order valence-corrected chi connectivity index (χ1v) is 4.85. The number of nitrogens with one attached hydrogen (secondary N) is 1. The van der Waals surface area contributed by atoms with E-state index in [0.29, 0.717) is 5.92 Å². The predicted molar refractivity (Wildman–Crippen MR) is 56.7 cm³/mol. The summed E-state index contributed by atoms with van der Waals surface area (Å²) in [7, 11) is 0. The summed E-state index contributed by atoms with van der Waals surface area (Å²) in [5.74, 6) is 0.504. The molecule has 0 amide bonds. The third-order valence-corrected chi connectivity index (χ3v) is 2.69. The van der Waals surface area contributed by atoms with Crippen molar-refractivity contribution in [2.75, 3.05) is 5.32 Å². The van der Waals surface area contributed by atoms with Crippen LogP contribution in [0.5, 0.6) is 0 Å². The maximum absolute atomic E-state index is 13.1. The van der Waals surface area contributed by atoms with Crippen LogP contribution in [0.15, 0.2) is 30.5 Å². The molecule has 0 aliphatic carbocycles. The second-order valence-electron chi connectivity index (χ2n) is 4.10. The Hall–Kier alpha value is -1.31. The van der Waals surface area contributed by atoms with Gasteiger partial charge in [-0.15, -0.1) is 0 Å². The summed E-state index contributed by atoms with van der Waals surface area (Å²) in [4.78, 5) is 0. The number of rotatable bonds is 1. The Bertz CT molecular complexity index is 382. The van der Waals surface area contributed by atoms with Crippen LogP contribution in [0.2, 0.25) is 0 Å². The number of fused-ring (bicyclic) bond motifs is 1. The lowest BCUT2D eigenvalue weighted by atomic mass is 9.88. The van der Waals surface area contributed by atoms with E-state index in [4.69, 9.17) is 0 Å². The van der Waals surface area contributed by atoms with Crippen molar-refractivity contribution in [3.63, 3.8) is 0 Å². The number of hydrogen-bond acceptors (Lipinski definition) is 1. The molecular weight excluding hydrogens is 177 g/mol. The zero-order chi connectivity index (χ0) is 10.3. The second kappa shape index (κ2) is 3.12. The van der Waals surface area contributed by atoms with E-state index in [1.165, 1.54) is 6.07 Å². The quantitative estimate of drug-likeness (QED) is 0.716. The first kappa shape index (κ1) is 9.25. The molecular formula is C12H14FN. The van der Waals surface area contributed by atoms with E-state index in [1.807, 2.05) is 0 Å². The van der Waals surface area contributed by atoms with E-state index in [1.54, 1.807) is 12.1 Å². The van der Waals surface area contributed by atoms with Crippen LogP contribution in [0.4, 0.5) is 10.1 Å². The fraction of sp³-hybridized carbons (Fsp3) is 0.333. The van der Waals surface area contributed by atoms with Crippen LogP contribution in [0.25, 0.3) is 0 Å². The molecule has 1 aliphatic heterocycles. The second-order valence-corrected chi connectivity index (χ2v) is 4.10. The molecule has 74 valence electrons. The van der Waals surface area contributed by atoms with Crippen molar-refractivity contribution in [2.24, 2.45) is 5.92 Å². The monoisotopic (exact) mass is 191 g/mol. The van der Waals surface area contributed by atoms with E-state index >= 15 is 0 Å². The summed E-state index contributed by atoms with van der Waals surface area (Å²) < 4.78 is 13.1. The van der Waals surface area contributed by atoms with Crippen molar-refractivity contribution in [2.45, 2.75) is 19.8 Å². The highest BCUT2D eigenvalue weighted by molar-refractivity contribution is 5.64. The molecule has 1 atom stereocenters. The Labute approximate surface area is 83.6 Å². The standard InChI is InChI=1S/C12H14FN/c1-7(2)12-8(3)14-11-5-4-9(13)6-10(11)12/h4-7,12,14H,3H2,1-2H3. The molecule has 0 spiro atoms. The highest BCUT2D eigenvalue weighted by atomic mass is 19.1. The molecule has 0 aromatic heterocycles. The zero-order valence-corrected chi connectivity index (χ0v) is 8.47. The molecule has 1 heterocycles. The van der Waals surface area contributed by atoms with Crippen molar-refractivity contribution < 1.29 is 4.39 Å². The molecule has 2 heteroatoms. The molecule has 14 heavy (non-hydrogen) atoms. The van der Waals surface area contributed by atoms with Crippen molar-refractivity contribution in [3.05, 3.63) is 41.9 Å². The van der Waals surface area contributed by atoms with Crippen LogP contribution in [0, 0.1) is 11.7 Å². The SMILES string of the molecule is C=C1Nc2ccc(F)cc2C1C(C)C. The molecule has 1 unspecified atom stereocenters. The van der Waals surface area contributed by atoms with Gasteiger partial charge in [0.1, 0.15) is 5.82 Å². The summed E-state index contributed by atoms with van der Waals surface area (Å²) in [6, 6.07) is 4.85. The van der Waals surface area contributed by atoms with Gasteiger partial charge in [-0.3, -0.25) is 0 Å². The third kappa shape index (κ3) is 1.31. The fourth-order valence-corrected chi connectivity index (χ4v) is 2.10. The van der Waals surface area contributed by atoms with E-state index < -0.39 is 0 Å². The average Bonchev–Trinajstić information content (AvgIpc) is 2.40. The summed E-state index contributed by atoms with van der Waals surface area (Å²) in [5, 5.41) is 3.19. The lowest BCUT2D eigenvalue weighted by molar-refractivity contribution is 0.565. The van der Waals surface area contributed by atoms with Crippen molar-refractivity contribution >= 4 is 5.69 Å². The van der Waals surface area contributed by atoms with Gasteiger partial charge in [0.25, 0.3) is 0 Å². The van der Waals surface area contributed by atoms with Crippen molar-refractivity contribution in [1.82, 2.24) is 0 Å². The van der Waals surface area contributed by atoms with Gasteiger partial charge in [-0.05, 0) is 29.7 Å². The van der Waals surface area contributed by atoms with Gasteiger partial charge in [-0.1, -0.05) is 20.4 Å². The molecule has 0 bridgehead atoms. The normalized spacial score (nSPS) is 19.7. The van der Waals surface area contributed by atoms with Crippen molar-refractivity contribution in [1.29, 1.82) is 0 Å². The average molecular weight is 191 g/mol. The highest BCUT2D eigenvalue weighted by Gasteiger charge is 2.28. The Morgan fingerprint density at radius 3 is 2.79 bits per heavy atom. The molecule has 1 nitrogen and oxygen atoms in total. The smallest absolute Gasteiger partial charge is 0.123 e. The molecule has 0 saturated heterocycles. The summed E-state index contributed by atoms with van der Waals surface area (Å²) >= 11 is 0. The van der Waals surface area contributed by atoms with Crippen LogP contribution in [0.3, 0.4) is 0 Å². The number of halogens is 1. The molecule has 0 fully saturated rings. The first-order chi connectivity index (χ1) is 6.59. The van der Waals surface area contributed by atoms with Crippen LogP contribution < -0.4 is 5.32 Å². The Morgan fingerprint density at radius 2 is 2.14 bits per heavy atom. The Balaban J connectivity index is 2.50. The topological polar surface area (TPSA) is 12.0 Å². The first-order valence-electron chi connectivity index (χ1n) is 4.85. The third-order valence-electron chi connectivity index (χ3n) is 2.69. The number of benzene rings is 1. The van der Waals surface area contributed by atoms with E-state index in [2.05, 4.69) is 25.7 Å². The van der Waals surface area contributed by atoms with Crippen molar-refractivity contribution in [3.8, 4) is 0 Å². The number of hydrogen-bond donors (Lipinski definition) is 1. The molecule has 0 radical (unpaired) electrons. The minimum absolute atomic E-state index is 0.175. The predicted octanol–water partition coefficient (Wildman–Crippen LogP) is 3.50. The molecule has 1 aromatic carbocycles. The number of allylic oxidation sites excluding steroid dienone is 1. The number of anilines is 1. The van der Waals surface area contributed by atoms with Gasteiger partial charge in [0.05, 0.1) is 0 Å². The molecule has 1 aliphatic rings. The Kier molecular flexibility index (Phi) is 2.06. The zero-order valence-electron chi connectivity index (χ0n) is 8.47. The maximum atomic E-state index is 13.1. The molecule has 1 N–H and O–H groups in total. The summed E-state index contributed by atoms with van der Waals surface area (Å²) in [6.07, 6.45) is 0. The van der Waals surface area contributed by atoms with Crippen LogP contribution in [-0.2, 0) is 0 Å². The van der Waals surface area contributed by atoms with Gasteiger partial charge < -0.3 is 5.32 Å². The molecule has 0 saturated carbocycles. The largest absolute Gasteiger partial charge is 0.359 e. The maximum Gasteiger partial charge on any atom is 0.123 e. The molecule has 2 rings (SSSR count). The van der Waals surface area contributed by atoms with E-state index in [0.717, 1.165) is 16.9 Å². The summed E-state index contributed by atoms with van der Waals surface area (Å²) in [5.41, 5.74) is 3.00. The van der Waals surface area contributed by atoms with Gasteiger partial charge in [0.15, 0.2) is 0 Å². The lowest BCUT2D eigenvalue weighted by Crippen LogP contribution is -2.06. The van der Waals surface area contributed by atoms with Gasteiger partial charge in [-0.25, -0.2) is 4.39 Å². The van der Waals surface area contributed by atoms with Gasteiger partial charge in [0, 0.05) is 17.3 Å². The van der Waals surface area contributed by atoms with Crippen LogP contribution in [0.1, 0.15) is 25.3 Å². The van der Waals surface area contributed by atoms with E-state index in [9.17, 15) is 4.39 Å². The minimum Gasteiger partial charge on any atom is -0.359 e. The highest BCUT2D eigenvalue weighted by Crippen LogP contribution is 2.42. The van der Waals surface area contributed by atoms with Gasteiger partial charge in [-0.2, -0.15) is 0 Å². The Morgan fingerprint density at radius 1 is 1.43 bits per heavy atom. The minimum atomic E-state index is -0.175. The van der Waals surface area contributed by atoms with Gasteiger partial charge in [0.2, 0.25) is 0 Å². The van der Waals surface area contributed by atoms with Crippen LogP contribution in [-0.4, -0.2) is 0 Å². The fourth-order valence-electron chi connectivity index (χ4n) is 2.10.